The van der Waals surface area contributed by atoms with Crippen LogP contribution in [0.15, 0.2) is 0 Å². The summed E-state index contributed by atoms with van der Waals surface area (Å²) in [6, 6.07) is 0. The molecule has 1 atom stereocenters. The van der Waals surface area contributed by atoms with Gasteiger partial charge in [0.1, 0.15) is 0 Å². The Morgan fingerprint density at radius 3 is 2.18 bits per heavy atom. The van der Waals surface area contributed by atoms with Crippen LogP contribution in [0.25, 0.3) is 0 Å². The van der Waals surface area contributed by atoms with Crippen LogP contribution in [0.5, 0.6) is 0 Å². The van der Waals surface area contributed by atoms with Crippen molar-refractivity contribution < 1.29 is 8.42 Å². The molecule has 0 aromatic carbocycles. The van der Waals surface area contributed by atoms with Gasteiger partial charge in [-0.2, -0.15) is 0 Å². The van der Waals surface area contributed by atoms with Crippen LogP contribution in [0, 0.1) is 6.92 Å². The van der Waals surface area contributed by atoms with E-state index in [4.69, 9.17) is 0 Å². The quantitative estimate of drug-likeness (QED) is 0.642. The lowest BCUT2D eigenvalue weighted by atomic mass is 10.2. The molecule has 11 heavy (non-hydrogen) atoms. The van der Waals surface area contributed by atoms with Crippen molar-refractivity contribution in [1.82, 2.24) is 0 Å². The highest BCUT2D eigenvalue weighted by atomic mass is 32.2. The highest BCUT2D eigenvalue weighted by Gasteiger charge is 2.19. The third-order valence-electron chi connectivity index (χ3n) is 1.89. The highest BCUT2D eigenvalue weighted by molar-refractivity contribution is 7.91. The van der Waals surface area contributed by atoms with Gasteiger partial charge in [0.05, 0.1) is 5.25 Å². The van der Waals surface area contributed by atoms with Crippen LogP contribution in [0.4, 0.5) is 0 Å². The van der Waals surface area contributed by atoms with Gasteiger partial charge in [-0.1, -0.05) is 27.2 Å². The molecule has 0 heterocycles. The molecule has 0 aliphatic rings. The zero-order valence-electron chi connectivity index (χ0n) is 7.34. The highest BCUT2D eigenvalue weighted by Crippen LogP contribution is 2.12. The summed E-state index contributed by atoms with van der Waals surface area (Å²) in [5, 5.41) is -0.162. The van der Waals surface area contributed by atoms with E-state index < -0.39 is 9.84 Å². The van der Waals surface area contributed by atoms with Crippen LogP contribution in [0.2, 0.25) is 0 Å². The van der Waals surface area contributed by atoms with Crippen LogP contribution in [-0.2, 0) is 9.84 Å². The molecule has 3 heteroatoms. The first-order chi connectivity index (χ1) is 5.08. The normalized spacial score (nSPS) is 14.8. The predicted molar refractivity (Wildman–Crippen MR) is 48.1 cm³/mol. The summed E-state index contributed by atoms with van der Waals surface area (Å²) in [6.07, 6.45) is 2.12. The van der Waals surface area contributed by atoms with E-state index in [0.717, 1.165) is 0 Å². The topological polar surface area (TPSA) is 34.1 Å². The molecule has 0 saturated heterocycles. The fourth-order valence-electron chi connectivity index (χ4n) is 1.10. The van der Waals surface area contributed by atoms with Gasteiger partial charge < -0.3 is 0 Å². The summed E-state index contributed by atoms with van der Waals surface area (Å²) in [4.78, 5) is 0. The van der Waals surface area contributed by atoms with E-state index in [0.29, 0.717) is 19.3 Å². The van der Waals surface area contributed by atoms with Gasteiger partial charge in [-0.15, -0.1) is 0 Å². The van der Waals surface area contributed by atoms with Crippen LogP contribution in [-0.4, -0.2) is 19.4 Å². The van der Waals surface area contributed by atoms with Gasteiger partial charge in [-0.25, -0.2) is 8.42 Å². The maximum Gasteiger partial charge on any atom is 0.152 e. The van der Waals surface area contributed by atoms with Gasteiger partial charge in [-0.3, -0.25) is 0 Å². The fraction of sp³-hybridized carbons (Fsp3) is 0.875. The second-order valence-corrected chi connectivity index (χ2v) is 5.19. The van der Waals surface area contributed by atoms with E-state index >= 15 is 0 Å². The lowest BCUT2D eigenvalue weighted by Crippen LogP contribution is -2.21. The summed E-state index contributed by atoms with van der Waals surface area (Å²) in [7, 11) is -2.81. The van der Waals surface area contributed by atoms with E-state index in [-0.39, 0.29) is 11.0 Å². The average Bonchev–Trinajstić information content (AvgIpc) is 2.00. The Morgan fingerprint density at radius 2 is 1.91 bits per heavy atom. The van der Waals surface area contributed by atoms with Crippen molar-refractivity contribution in [2.75, 3.05) is 5.75 Å². The summed E-state index contributed by atoms with van der Waals surface area (Å²) in [5.74, 6) is 0.255. The lowest BCUT2D eigenvalue weighted by Gasteiger charge is -2.12. The van der Waals surface area contributed by atoms with Crippen molar-refractivity contribution in [3.8, 4) is 0 Å². The zero-order valence-corrected chi connectivity index (χ0v) is 8.15. The molecular formula is C8H17O2S. The number of sulfone groups is 1. The Kier molecular flexibility index (Phi) is 4.73. The van der Waals surface area contributed by atoms with Crippen LogP contribution < -0.4 is 0 Å². The van der Waals surface area contributed by atoms with Crippen LogP contribution >= 0.6 is 0 Å². The number of rotatable bonds is 5. The molecule has 0 N–H and O–H groups in total. The molecule has 0 fully saturated rings. The smallest absolute Gasteiger partial charge is 0.152 e. The van der Waals surface area contributed by atoms with Crippen molar-refractivity contribution >= 4 is 9.84 Å². The van der Waals surface area contributed by atoms with Gasteiger partial charge in [0.25, 0.3) is 0 Å². The molecule has 0 aromatic rings. The molecule has 0 saturated carbocycles. The Balaban J connectivity index is 4.25. The Bertz CT molecular complexity index is 182. The van der Waals surface area contributed by atoms with E-state index in [9.17, 15) is 8.42 Å². The van der Waals surface area contributed by atoms with Gasteiger partial charge in [0.2, 0.25) is 0 Å². The molecule has 0 aliphatic carbocycles. The zero-order chi connectivity index (χ0) is 8.91. The monoisotopic (exact) mass is 177 g/mol. The Hall–Kier alpha value is -0.0500. The molecule has 1 unspecified atom stereocenters. The third-order valence-corrected chi connectivity index (χ3v) is 4.28. The van der Waals surface area contributed by atoms with Gasteiger partial charge in [-0.05, 0) is 12.8 Å². The molecule has 0 aliphatic heterocycles. The van der Waals surface area contributed by atoms with Crippen LogP contribution in [0.3, 0.4) is 0 Å². The molecular weight excluding hydrogens is 160 g/mol. The summed E-state index contributed by atoms with van der Waals surface area (Å²) in [6.45, 7) is 7.26. The first kappa shape index (κ1) is 11.0. The lowest BCUT2D eigenvalue weighted by molar-refractivity contribution is 0.568. The molecule has 0 amide bonds. The SMILES string of the molecule is [CH2]CCC(CC)S(=O)(=O)CC. The minimum absolute atomic E-state index is 0.162. The second-order valence-electron chi connectivity index (χ2n) is 2.62. The standard InChI is InChI=1S/C8H17O2S/c1-4-7-8(5-2)11(9,10)6-3/h8H,1,4-7H2,2-3H3. The maximum absolute atomic E-state index is 11.3. The molecule has 1 radical (unpaired) electrons. The molecule has 67 valence electrons. The minimum atomic E-state index is -2.81. The Labute approximate surface area is 69.9 Å². The van der Waals surface area contributed by atoms with Gasteiger partial charge >= 0.3 is 0 Å². The molecule has 2 nitrogen and oxygen atoms in total. The number of hydrogen-bond acceptors (Lipinski definition) is 2. The van der Waals surface area contributed by atoms with Crippen LogP contribution in [0.1, 0.15) is 33.1 Å². The van der Waals surface area contributed by atoms with Gasteiger partial charge in [0.15, 0.2) is 9.84 Å². The predicted octanol–water partition coefficient (Wildman–Crippen LogP) is 1.81. The van der Waals surface area contributed by atoms with Crippen molar-refractivity contribution in [1.29, 1.82) is 0 Å². The fourth-order valence-corrected chi connectivity index (χ4v) is 2.61. The summed E-state index contributed by atoms with van der Waals surface area (Å²) >= 11 is 0. The Morgan fingerprint density at radius 1 is 1.36 bits per heavy atom. The first-order valence-electron chi connectivity index (χ1n) is 4.09. The van der Waals surface area contributed by atoms with E-state index in [1.807, 2.05) is 6.92 Å². The summed E-state index contributed by atoms with van der Waals surface area (Å²) < 4.78 is 22.6. The van der Waals surface area contributed by atoms with Crippen molar-refractivity contribution in [2.45, 2.75) is 38.4 Å². The maximum atomic E-state index is 11.3. The molecule has 0 spiro atoms. The van der Waals surface area contributed by atoms with Crippen molar-refractivity contribution in [3.63, 3.8) is 0 Å². The third kappa shape index (κ3) is 3.23. The summed E-state index contributed by atoms with van der Waals surface area (Å²) in [5.41, 5.74) is 0. The van der Waals surface area contributed by atoms with Crippen molar-refractivity contribution in [2.24, 2.45) is 0 Å². The molecule has 0 aromatic heterocycles. The number of hydrogen-bond donors (Lipinski definition) is 0. The molecule has 0 bridgehead atoms. The first-order valence-corrected chi connectivity index (χ1v) is 5.80. The van der Waals surface area contributed by atoms with E-state index in [1.165, 1.54) is 0 Å². The minimum Gasteiger partial charge on any atom is -0.229 e. The van der Waals surface area contributed by atoms with E-state index in [1.54, 1.807) is 6.92 Å². The second kappa shape index (κ2) is 4.75. The van der Waals surface area contributed by atoms with Gasteiger partial charge in [0, 0.05) is 5.75 Å². The van der Waals surface area contributed by atoms with E-state index in [2.05, 4.69) is 6.92 Å². The average molecular weight is 177 g/mol. The molecule has 0 rings (SSSR count). The van der Waals surface area contributed by atoms with Crippen molar-refractivity contribution in [3.05, 3.63) is 6.92 Å². The largest absolute Gasteiger partial charge is 0.229 e.